The van der Waals surface area contributed by atoms with Crippen LogP contribution in [0.1, 0.15) is 37.8 Å². The summed E-state index contributed by atoms with van der Waals surface area (Å²) in [4.78, 5) is 0. The summed E-state index contributed by atoms with van der Waals surface area (Å²) in [5.41, 5.74) is 5.00. The molecule has 0 aromatic heterocycles. The molecule has 1 aromatic rings. The molecule has 20 heavy (non-hydrogen) atoms. The minimum atomic E-state index is 0.704. The standard InChI is InChI=1S/C20H24/c1-16-10-4-6-12-17(2)18(3)20-15-9-8-14-19(20)13-7-5-11-16/h4-9,12,14-16H,3,10-11,13H2,1-2H3/b6-4-,7-5-,17-12+. The quantitative estimate of drug-likeness (QED) is 0.525. The summed E-state index contributed by atoms with van der Waals surface area (Å²) in [6.07, 6.45) is 14.5. The molecular weight excluding hydrogens is 240 g/mol. The van der Waals surface area contributed by atoms with Crippen LogP contribution >= 0.6 is 0 Å². The van der Waals surface area contributed by atoms with Crippen molar-refractivity contribution in [1.82, 2.24) is 0 Å². The van der Waals surface area contributed by atoms with Gasteiger partial charge in [0.15, 0.2) is 0 Å². The molecule has 0 saturated heterocycles. The lowest BCUT2D eigenvalue weighted by Crippen LogP contribution is -1.93. The van der Waals surface area contributed by atoms with Crippen LogP contribution in [0.3, 0.4) is 0 Å². The van der Waals surface area contributed by atoms with Gasteiger partial charge < -0.3 is 0 Å². The van der Waals surface area contributed by atoms with Crippen LogP contribution in [0.15, 0.2) is 66.8 Å². The smallest absolute Gasteiger partial charge is 0.00913 e. The normalized spacial score (nSPS) is 26.2. The summed E-state index contributed by atoms with van der Waals surface area (Å²) in [6.45, 7) is 8.72. The van der Waals surface area contributed by atoms with Gasteiger partial charge >= 0.3 is 0 Å². The van der Waals surface area contributed by atoms with E-state index in [-0.39, 0.29) is 0 Å². The van der Waals surface area contributed by atoms with Crippen molar-refractivity contribution in [2.75, 3.05) is 0 Å². The maximum atomic E-state index is 4.28. The molecule has 0 fully saturated rings. The third kappa shape index (κ3) is 3.84. The minimum Gasteiger partial charge on any atom is -0.0909 e. The lowest BCUT2D eigenvalue weighted by Gasteiger charge is -2.11. The first-order valence-corrected chi connectivity index (χ1v) is 7.44. The molecule has 0 heteroatoms. The van der Waals surface area contributed by atoms with Gasteiger partial charge in [-0.05, 0) is 54.4 Å². The first-order valence-electron chi connectivity index (χ1n) is 7.44. The van der Waals surface area contributed by atoms with Gasteiger partial charge in [0.05, 0.1) is 0 Å². The maximum Gasteiger partial charge on any atom is -0.00913 e. The van der Waals surface area contributed by atoms with E-state index < -0.39 is 0 Å². The van der Waals surface area contributed by atoms with Gasteiger partial charge in [-0.1, -0.05) is 68.1 Å². The van der Waals surface area contributed by atoms with Crippen LogP contribution in [0.5, 0.6) is 0 Å². The van der Waals surface area contributed by atoms with Crippen molar-refractivity contribution in [2.24, 2.45) is 5.92 Å². The molecule has 0 spiro atoms. The summed E-state index contributed by atoms with van der Waals surface area (Å²) in [5, 5.41) is 0. The van der Waals surface area contributed by atoms with Gasteiger partial charge in [0, 0.05) is 0 Å². The van der Waals surface area contributed by atoms with Gasteiger partial charge in [0.25, 0.3) is 0 Å². The molecule has 1 aliphatic rings. The van der Waals surface area contributed by atoms with Crippen molar-refractivity contribution in [3.8, 4) is 0 Å². The number of fused-ring (bicyclic) bond motifs is 1. The van der Waals surface area contributed by atoms with Gasteiger partial charge in [-0.2, -0.15) is 0 Å². The summed E-state index contributed by atoms with van der Waals surface area (Å²) >= 11 is 0. The number of hydrogen-bond acceptors (Lipinski definition) is 0. The zero-order valence-electron chi connectivity index (χ0n) is 12.6. The van der Waals surface area contributed by atoms with Gasteiger partial charge in [-0.3, -0.25) is 0 Å². The molecule has 0 heterocycles. The largest absolute Gasteiger partial charge is 0.0909 e. The highest BCUT2D eigenvalue weighted by Gasteiger charge is 2.06. The Hall–Kier alpha value is -1.82. The summed E-state index contributed by atoms with van der Waals surface area (Å²) in [7, 11) is 0. The van der Waals surface area contributed by atoms with E-state index in [1.165, 1.54) is 16.7 Å². The minimum absolute atomic E-state index is 0.704. The van der Waals surface area contributed by atoms with Crippen LogP contribution < -0.4 is 0 Å². The second kappa shape index (κ2) is 7.09. The van der Waals surface area contributed by atoms with E-state index in [4.69, 9.17) is 0 Å². The average Bonchev–Trinajstić information content (AvgIpc) is 2.47. The van der Waals surface area contributed by atoms with E-state index in [9.17, 15) is 0 Å². The number of benzene rings is 1. The first kappa shape index (κ1) is 14.6. The van der Waals surface area contributed by atoms with E-state index in [0.717, 1.165) is 24.8 Å². The zero-order valence-corrected chi connectivity index (χ0v) is 12.6. The lowest BCUT2D eigenvalue weighted by atomic mass is 9.94. The Kier molecular flexibility index (Phi) is 5.17. The second-order valence-electron chi connectivity index (χ2n) is 5.67. The Balaban J connectivity index is 2.37. The van der Waals surface area contributed by atoms with Crippen LogP contribution in [0.25, 0.3) is 5.57 Å². The molecule has 0 bridgehead atoms. The van der Waals surface area contributed by atoms with Gasteiger partial charge in [-0.25, -0.2) is 0 Å². The van der Waals surface area contributed by atoms with Crippen molar-refractivity contribution < 1.29 is 0 Å². The third-order valence-corrected chi connectivity index (χ3v) is 3.88. The Bertz CT molecular complexity index is 555. The molecule has 0 N–H and O–H groups in total. The molecule has 0 amide bonds. The molecule has 0 saturated carbocycles. The molecular formula is C20H24. The Labute approximate surface area is 123 Å². The Morgan fingerprint density at radius 2 is 1.80 bits per heavy atom. The van der Waals surface area contributed by atoms with Gasteiger partial charge in [-0.15, -0.1) is 0 Å². The van der Waals surface area contributed by atoms with E-state index in [0.29, 0.717) is 5.92 Å². The van der Waals surface area contributed by atoms with Crippen LogP contribution in [-0.2, 0) is 6.42 Å². The van der Waals surface area contributed by atoms with Crippen LogP contribution in [0.4, 0.5) is 0 Å². The van der Waals surface area contributed by atoms with E-state index in [1.807, 2.05) is 0 Å². The molecule has 0 aliphatic heterocycles. The molecule has 2 rings (SSSR count). The predicted molar refractivity (Wildman–Crippen MR) is 89.6 cm³/mol. The van der Waals surface area contributed by atoms with Gasteiger partial charge in [0.1, 0.15) is 0 Å². The fraction of sp³-hybridized carbons (Fsp3) is 0.300. The Morgan fingerprint density at radius 1 is 1.05 bits per heavy atom. The number of rotatable bonds is 0. The van der Waals surface area contributed by atoms with Crippen molar-refractivity contribution in [1.29, 1.82) is 0 Å². The SMILES string of the molecule is C=C1/C(C)=C/C=C\CC(C)C/C=C\Cc2ccccc21. The number of allylic oxidation sites excluding steroid dienone is 7. The average molecular weight is 264 g/mol. The van der Waals surface area contributed by atoms with Crippen molar-refractivity contribution in [3.05, 3.63) is 77.9 Å². The highest BCUT2D eigenvalue weighted by Crippen LogP contribution is 2.25. The molecule has 0 radical (unpaired) electrons. The topological polar surface area (TPSA) is 0 Å². The van der Waals surface area contributed by atoms with Crippen molar-refractivity contribution in [2.45, 2.75) is 33.1 Å². The lowest BCUT2D eigenvalue weighted by molar-refractivity contribution is 0.602. The summed E-state index contributed by atoms with van der Waals surface area (Å²) in [6, 6.07) is 8.59. The molecule has 1 aliphatic carbocycles. The molecule has 1 atom stereocenters. The third-order valence-electron chi connectivity index (χ3n) is 3.88. The second-order valence-corrected chi connectivity index (χ2v) is 5.67. The fourth-order valence-electron chi connectivity index (χ4n) is 2.46. The molecule has 0 nitrogen and oxygen atoms in total. The van der Waals surface area contributed by atoms with E-state index in [2.05, 4.69) is 75.1 Å². The Morgan fingerprint density at radius 3 is 2.65 bits per heavy atom. The van der Waals surface area contributed by atoms with Crippen LogP contribution in [-0.4, -0.2) is 0 Å². The van der Waals surface area contributed by atoms with E-state index in [1.54, 1.807) is 0 Å². The highest BCUT2D eigenvalue weighted by atomic mass is 14.1. The molecule has 1 unspecified atom stereocenters. The first-order chi connectivity index (χ1) is 9.68. The van der Waals surface area contributed by atoms with Crippen LogP contribution in [0.2, 0.25) is 0 Å². The van der Waals surface area contributed by atoms with Gasteiger partial charge in [0.2, 0.25) is 0 Å². The number of hydrogen-bond donors (Lipinski definition) is 0. The predicted octanol–water partition coefficient (Wildman–Crippen LogP) is 5.73. The molecule has 1 aromatic carbocycles. The zero-order chi connectivity index (χ0) is 14.4. The van der Waals surface area contributed by atoms with Crippen LogP contribution in [0, 0.1) is 5.92 Å². The van der Waals surface area contributed by atoms with Crippen molar-refractivity contribution in [3.63, 3.8) is 0 Å². The summed E-state index contributed by atoms with van der Waals surface area (Å²) in [5.74, 6) is 0.704. The summed E-state index contributed by atoms with van der Waals surface area (Å²) < 4.78 is 0. The fourth-order valence-corrected chi connectivity index (χ4v) is 2.46. The van der Waals surface area contributed by atoms with Crippen molar-refractivity contribution >= 4 is 5.57 Å². The monoisotopic (exact) mass is 264 g/mol. The maximum absolute atomic E-state index is 4.28. The highest BCUT2D eigenvalue weighted by molar-refractivity contribution is 5.78. The van der Waals surface area contributed by atoms with E-state index >= 15 is 0 Å². The molecule has 104 valence electrons.